The number of amides is 2. The van der Waals surface area contributed by atoms with Crippen molar-refractivity contribution in [2.45, 2.75) is 37.5 Å². The minimum absolute atomic E-state index is 0.165. The van der Waals surface area contributed by atoms with Crippen LogP contribution in [0.5, 0.6) is 0 Å². The van der Waals surface area contributed by atoms with E-state index in [0.717, 1.165) is 27.0 Å². The fraction of sp³-hybridized carbons (Fsp3) is 0.250. The van der Waals surface area contributed by atoms with Crippen LogP contribution in [0.25, 0.3) is 10.8 Å². The molecule has 148 valence electrons. The molecule has 1 aliphatic heterocycles. The third-order valence-corrected chi connectivity index (χ3v) is 7.60. The van der Waals surface area contributed by atoms with Gasteiger partial charge in [0.25, 0.3) is 5.91 Å². The summed E-state index contributed by atoms with van der Waals surface area (Å²) >= 11 is 0. The largest absolute Gasteiger partial charge is 0.274 e. The van der Waals surface area contributed by atoms with E-state index >= 15 is 0 Å². The van der Waals surface area contributed by atoms with Gasteiger partial charge in [-0.15, -0.1) is 0 Å². The molecule has 2 amide bonds. The van der Waals surface area contributed by atoms with E-state index in [-0.39, 0.29) is 18.2 Å². The molecule has 0 aliphatic carbocycles. The first-order valence-corrected chi connectivity index (χ1v) is 12.3. The minimum Gasteiger partial charge on any atom is -0.274 e. The van der Waals surface area contributed by atoms with Crippen molar-refractivity contribution >= 4 is 49.9 Å². The number of carbonyl (C=O) groups is 2. The molecule has 0 spiro atoms. The van der Waals surface area contributed by atoms with Crippen molar-refractivity contribution in [2.24, 2.45) is 0 Å². The topological polar surface area (TPSA) is 37.4 Å². The molecule has 0 aromatic heterocycles. The van der Waals surface area contributed by atoms with E-state index in [1.165, 1.54) is 24.2 Å². The standard InChI is InChI=1S/C24H23NO2S2/c1-2-3-8-15-28-29-21-12-7-6-11-20(21)25-22(26)16-18-14-13-17-9-4-5-10-19(17)23(18)24(25)27/h4-7,9-14H,2-3,8,15-16H2,1H3. The van der Waals surface area contributed by atoms with Crippen LogP contribution in [0.1, 0.15) is 42.1 Å². The molecule has 3 aromatic rings. The monoisotopic (exact) mass is 421 g/mol. The zero-order chi connectivity index (χ0) is 20.2. The Morgan fingerprint density at radius 3 is 2.59 bits per heavy atom. The zero-order valence-corrected chi connectivity index (χ0v) is 18.0. The lowest BCUT2D eigenvalue weighted by atomic mass is 9.92. The summed E-state index contributed by atoms with van der Waals surface area (Å²) in [6, 6.07) is 19.5. The first kappa shape index (κ1) is 20.0. The van der Waals surface area contributed by atoms with Gasteiger partial charge in [-0.1, -0.05) is 89.9 Å². The highest BCUT2D eigenvalue weighted by atomic mass is 33.1. The lowest BCUT2D eigenvalue weighted by Crippen LogP contribution is -2.42. The summed E-state index contributed by atoms with van der Waals surface area (Å²) in [5, 5.41) is 1.93. The van der Waals surface area contributed by atoms with Gasteiger partial charge in [0.1, 0.15) is 0 Å². The second-order valence-corrected chi connectivity index (χ2v) is 9.57. The van der Waals surface area contributed by atoms with Gasteiger partial charge in [-0.05, 0) is 34.9 Å². The maximum Gasteiger partial charge on any atom is 0.266 e. The van der Waals surface area contributed by atoms with E-state index < -0.39 is 0 Å². The van der Waals surface area contributed by atoms with Crippen molar-refractivity contribution in [2.75, 3.05) is 10.7 Å². The third-order valence-electron chi connectivity index (χ3n) is 5.11. The molecular weight excluding hydrogens is 398 g/mol. The molecule has 0 saturated carbocycles. The normalized spacial score (nSPS) is 13.8. The molecule has 0 atom stereocenters. The Labute approximate surface area is 179 Å². The zero-order valence-electron chi connectivity index (χ0n) is 16.4. The Balaban J connectivity index is 1.67. The van der Waals surface area contributed by atoms with Crippen LogP contribution >= 0.6 is 21.6 Å². The predicted molar refractivity (Wildman–Crippen MR) is 124 cm³/mol. The number of benzene rings is 3. The molecule has 3 aromatic carbocycles. The van der Waals surface area contributed by atoms with E-state index in [1.807, 2.05) is 60.7 Å². The third kappa shape index (κ3) is 4.07. The lowest BCUT2D eigenvalue weighted by molar-refractivity contribution is -0.117. The summed E-state index contributed by atoms with van der Waals surface area (Å²) in [6.07, 6.45) is 3.85. The van der Waals surface area contributed by atoms with E-state index in [4.69, 9.17) is 0 Å². The number of rotatable bonds is 7. The van der Waals surface area contributed by atoms with E-state index in [2.05, 4.69) is 6.92 Å². The van der Waals surface area contributed by atoms with Crippen LogP contribution < -0.4 is 4.90 Å². The van der Waals surface area contributed by atoms with Gasteiger partial charge in [0, 0.05) is 10.6 Å². The Morgan fingerprint density at radius 1 is 0.931 bits per heavy atom. The first-order chi connectivity index (χ1) is 14.2. The minimum atomic E-state index is -0.225. The summed E-state index contributed by atoms with van der Waals surface area (Å²) in [5.74, 6) is 0.668. The van der Waals surface area contributed by atoms with Gasteiger partial charge >= 0.3 is 0 Å². The molecule has 0 radical (unpaired) electrons. The number of unbranched alkanes of at least 4 members (excludes halogenated alkanes) is 2. The molecule has 1 aliphatic rings. The Kier molecular flexibility index (Phi) is 6.26. The Hall–Kier alpha value is -2.24. The Bertz CT molecular complexity index is 1060. The van der Waals surface area contributed by atoms with Gasteiger partial charge in [0.2, 0.25) is 5.91 Å². The highest BCUT2D eigenvalue weighted by Gasteiger charge is 2.34. The molecule has 0 bridgehead atoms. The van der Waals surface area contributed by atoms with Gasteiger partial charge in [-0.25, -0.2) is 4.90 Å². The highest BCUT2D eigenvalue weighted by Crippen LogP contribution is 2.40. The van der Waals surface area contributed by atoms with Crippen LogP contribution in [-0.2, 0) is 11.2 Å². The number of carbonyl (C=O) groups excluding carboxylic acids is 2. The van der Waals surface area contributed by atoms with Crippen LogP contribution in [0.4, 0.5) is 5.69 Å². The number of nitrogens with zero attached hydrogens (tertiary/aromatic N) is 1. The maximum absolute atomic E-state index is 13.5. The van der Waals surface area contributed by atoms with Crippen molar-refractivity contribution in [1.29, 1.82) is 0 Å². The van der Waals surface area contributed by atoms with Crippen LogP contribution in [-0.4, -0.2) is 17.6 Å². The molecule has 29 heavy (non-hydrogen) atoms. The first-order valence-electron chi connectivity index (χ1n) is 9.97. The van der Waals surface area contributed by atoms with E-state index in [9.17, 15) is 9.59 Å². The van der Waals surface area contributed by atoms with Gasteiger partial charge in [-0.2, -0.15) is 0 Å². The summed E-state index contributed by atoms with van der Waals surface area (Å²) in [5.41, 5.74) is 2.15. The molecule has 1 heterocycles. The number of imide groups is 1. The molecule has 5 heteroatoms. The number of para-hydroxylation sites is 1. The molecule has 0 saturated heterocycles. The van der Waals surface area contributed by atoms with Crippen LogP contribution in [0.2, 0.25) is 0 Å². The summed E-state index contributed by atoms with van der Waals surface area (Å²) in [4.78, 5) is 28.8. The summed E-state index contributed by atoms with van der Waals surface area (Å²) < 4.78 is 0. The van der Waals surface area contributed by atoms with Crippen LogP contribution in [0.3, 0.4) is 0 Å². The molecule has 0 unspecified atom stereocenters. The highest BCUT2D eigenvalue weighted by molar-refractivity contribution is 8.76. The quantitative estimate of drug-likeness (QED) is 0.248. The number of hydrogen-bond acceptors (Lipinski definition) is 4. The average molecular weight is 422 g/mol. The number of fused-ring (bicyclic) bond motifs is 3. The van der Waals surface area contributed by atoms with Crippen molar-refractivity contribution < 1.29 is 9.59 Å². The Morgan fingerprint density at radius 2 is 1.72 bits per heavy atom. The smallest absolute Gasteiger partial charge is 0.266 e. The van der Waals surface area contributed by atoms with Crippen LogP contribution in [0.15, 0.2) is 65.6 Å². The fourth-order valence-electron chi connectivity index (χ4n) is 3.66. The summed E-state index contributed by atoms with van der Waals surface area (Å²) in [6.45, 7) is 2.20. The molecule has 4 rings (SSSR count). The van der Waals surface area contributed by atoms with Gasteiger partial charge in [-0.3, -0.25) is 9.59 Å². The van der Waals surface area contributed by atoms with E-state index in [0.29, 0.717) is 11.3 Å². The second-order valence-electron chi connectivity index (χ2n) is 7.11. The molecule has 0 fully saturated rings. The van der Waals surface area contributed by atoms with Crippen molar-refractivity contribution in [3.63, 3.8) is 0 Å². The lowest BCUT2D eigenvalue weighted by Gasteiger charge is -2.29. The second kappa shape index (κ2) is 9.06. The predicted octanol–water partition coefficient (Wildman–Crippen LogP) is 6.50. The number of hydrogen-bond donors (Lipinski definition) is 0. The number of anilines is 1. The van der Waals surface area contributed by atoms with Crippen molar-refractivity contribution in [3.8, 4) is 0 Å². The van der Waals surface area contributed by atoms with Crippen molar-refractivity contribution in [1.82, 2.24) is 0 Å². The van der Waals surface area contributed by atoms with Gasteiger partial charge < -0.3 is 0 Å². The van der Waals surface area contributed by atoms with Gasteiger partial charge in [0.05, 0.1) is 17.7 Å². The van der Waals surface area contributed by atoms with Gasteiger partial charge in [0.15, 0.2) is 0 Å². The SMILES string of the molecule is CCCCCSSc1ccccc1N1C(=O)Cc2ccc3ccccc3c2C1=O. The molecular formula is C24H23NO2S2. The van der Waals surface area contributed by atoms with Crippen LogP contribution in [0, 0.1) is 0 Å². The van der Waals surface area contributed by atoms with Crippen molar-refractivity contribution in [3.05, 3.63) is 71.8 Å². The average Bonchev–Trinajstić information content (AvgIpc) is 2.74. The molecule has 3 nitrogen and oxygen atoms in total. The fourth-order valence-corrected chi connectivity index (χ4v) is 5.97. The van der Waals surface area contributed by atoms with E-state index in [1.54, 1.807) is 21.6 Å². The summed E-state index contributed by atoms with van der Waals surface area (Å²) in [7, 11) is 3.43. The maximum atomic E-state index is 13.5. The molecule has 0 N–H and O–H groups in total.